The van der Waals surface area contributed by atoms with Gasteiger partial charge >= 0.3 is 5.97 Å². The van der Waals surface area contributed by atoms with Gasteiger partial charge in [0, 0.05) is 43.8 Å². The Morgan fingerprint density at radius 3 is 2.45 bits per heavy atom. The Balaban J connectivity index is 1.62. The molecule has 1 saturated heterocycles. The molecule has 3 aliphatic rings. The Hall–Kier alpha value is -2.78. The van der Waals surface area contributed by atoms with Crippen LogP contribution in [-0.4, -0.2) is 70.9 Å². The average Bonchev–Trinajstić information content (AvgIpc) is 3.20. The van der Waals surface area contributed by atoms with Crippen molar-refractivity contribution in [3.8, 4) is 0 Å². The summed E-state index contributed by atoms with van der Waals surface area (Å²) in [4.78, 5) is 47.5. The standard InChI is InChI=1S/C23H25ClN4O4S/c1-14-20(22(31)32-3)21(17-6-4-5-7-18(17)24)28-16(13-33-23(28)25-14)12-19(30)27-10-8-26(9-11-27)15(2)29/h4-7,13,21H,8-12H2,1-3H3/t21-/m1/s1. The van der Waals surface area contributed by atoms with Crippen LogP contribution in [0.15, 0.2) is 51.6 Å². The van der Waals surface area contributed by atoms with E-state index in [0.717, 1.165) is 11.3 Å². The number of carbonyl (C=O) groups is 3. The van der Waals surface area contributed by atoms with Gasteiger partial charge in [-0.15, -0.1) is 0 Å². The van der Waals surface area contributed by atoms with Gasteiger partial charge < -0.3 is 19.4 Å². The minimum atomic E-state index is -0.553. The third kappa shape index (κ3) is 4.52. The SMILES string of the molecule is COC(=O)C1=C(C)N=C2SC=C(CC(=O)N3CCN(C(C)=O)CC3)N2[C@@H]1c1ccccc1Cl. The number of benzene rings is 1. The highest BCUT2D eigenvalue weighted by atomic mass is 35.5. The summed E-state index contributed by atoms with van der Waals surface area (Å²) in [6.07, 6.45) is 0.153. The Labute approximate surface area is 201 Å². The minimum Gasteiger partial charge on any atom is -0.466 e. The number of amides is 2. The maximum atomic E-state index is 13.1. The van der Waals surface area contributed by atoms with Crippen molar-refractivity contribution < 1.29 is 19.1 Å². The highest BCUT2D eigenvalue weighted by Crippen LogP contribution is 2.46. The molecule has 4 rings (SSSR count). The van der Waals surface area contributed by atoms with Gasteiger partial charge in [-0.25, -0.2) is 9.79 Å². The predicted octanol–water partition coefficient (Wildman–Crippen LogP) is 3.17. The number of halogens is 1. The minimum absolute atomic E-state index is 0.0197. The first kappa shape index (κ1) is 23.4. The van der Waals surface area contributed by atoms with E-state index in [-0.39, 0.29) is 18.2 Å². The van der Waals surface area contributed by atoms with Crippen molar-refractivity contribution in [2.45, 2.75) is 26.3 Å². The predicted molar refractivity (Wildman–Crippen MR) is 127 cm³/mol. The summed E-state index contributed by atoms with van der Waals surface area (Å²) in [6, 6.07) is 6.79. The molecule has 0 aromatic heterocycles. The second-order valence-corrected chi connectivity index (χ2v) is 9.21. The summed E-state index contributed by atoms with van der Waals surface area (Å²) in [6.45, 7) is 5.38. The molecule has 2 amide bonds. The summed E-state index contributed by atoms with van der Waals surface area (Å²) in [5.74, 6) is -0.496. The Kier molecular flexibility index (Phi) is 6.81. The van der Waals surface area contributed by atoms with Crippen LogP contribution < -0.4 is 0 Å². The highest BCUT2D eigenvalue weighted by Gasteiger charge is 2.42. The maximum absolute atomic E-state index is 13.1. The van der Waals surface area contributed by atoms with E-state index in [2.05, 4.69) is 4.99 Å². The topological polar surface area (TPSA) is 82.5 Å². The van der Waals surface area contributed by atoms with Crippen LogP contribution >= 0.6 is 23.4 Å². The highest BCUT2D eigenvalue weighted by molar-refractivity contribution is 8.16. The largest absolute Gasteiger partial charge is 0.466 e. The number of hydrogen-bond donors (Lipinski definition) is 0. The number of fused-ring (bicyclic) bond motifs is 1. The number of amidine groups is 1. The van der Waals surface area contributed by atoms with Crippen LogP contribution in [0, 0.1) is 0 Å². The lowest BCUT2D eigenvalue weighted by Crippen LogP contribution is -2.50. The lowest BCUT2D eigenvalue weighted by molar-refractivity contribution is -0.138. The Morgan fingerprint density at radius 2 is 1.82 bits per heavy atom. The second kappa shape index (κ2) is 9.61. The zero-order valence-corrected chi connectivity index (χ0v) is 20.3. The summed E-state index contributed by atoms with van der Waals surface area (Å²) in [5, 5.41) is 3.11. The van der Waals surface area contributed by atoms with Gasteiger partial charge in [0.15, 0.2) is 5.17 Å². The number of methoxy groups -OCH3 is 1. The van der Waals surface area contributed by atoms with E-state index >= 15 is 0 Å². The second-order valence-electron chi connectivity index (χ2n) is 7.97. The smallest absolute Gasteiger partial charge is 0.338 e. The summed E-state index contributed by atoms with van der Waals surface area (Å²) in [5.41, 5.74) is 2.44. The van der Waals surface area contributed by atoms with Gasteiger partial charge in [-0.2, -0.15) is 0 Å². The number of nitrogens with zero attached hydrogens (tertiary/aromatic N) is 4. The molecule has 1 aromatic rings. The fourth-order valence-corrected chi connectivity index (χ4v) is 5.47. The van der Waals surface area contributed by atoms with E-state index < -0.39 is 12.0 Å². The fraction of sp³-hybridized carbons (Fsp3) is 0.391. The van der Waals surface area contributed by atoms with E-state index in [0.29, 0.717) is 47.6 Å². The van der Waals surface area contributed by atoms with Crippen molar-refractivity contribution >= 4 is 46.3 Å². The lowest BCUT2D eigenvalue weighted by atomic mass is 9.93. The van der Waals surface area contributed by atoms with Crippen LogP contribution in [0.4, 0.5) is 0 Å². The first-order chi connectivity index (χ1) is 15.8. The number of thioether (sulfide) groups is 1. The normalized spacial score (nSPS) is 20.4. The third-order valence-corrected chi connectivity index (χ3v) is 7.25. The van der Waals surface area contributed by atoms with Crippen molar-refractivity contribution in [3.63, 3.8) is 0 Å². The van der Waals surface area contributed by atoms with Gasteiger partial charge in [-0.3, -0.25) is 9.59 Å². The molecule has 1 atom stereocenters. The quantitative estimate of drug-likeness (QED) is 0.605. The van der Waals surface area contributed by atoms with Crippen molar-refractivity contribution in [1.82, 2.24) is 14.7 Å². The van der Waals surface area contributed by atoms with Crippen LogP contribution in [0.25, 0.3) is 0 Å². The van der Waals surface area contributed by atoms with Gasteiger partial charge in [0.2, 0.25) is 11.8 Å². The van der Waals surface area contributed by atoms with Gasteiger partial charge in [0.05, 0.1) is 30.8 Å². The molecule has 0 radical (unpaired) electrons. The molecule has 0 spiro atoms. The number of aliphatic imine (C=N–C) groups is 1. The molecule has 0 N–H and O–H groups in total. The summed E-state index contributed by atoms with van der Waals surface area (Å²) < 4.78 is 5.07. The van der Waals surface area contributed by atoms with E-state index in [1.165, 1.54) is 18.9 Å². The molecule has 1 fully saturated rings. The number of ether oxygens (including phenoxy) is 1. The lowest BCUT2D eigenvalue weighted by Gasteiger charge is -2.38. The number of rotatable bonds is 4. The van der Waals surface area contributed by atoms with E-state index in [4.69, 9.17) is 16.3 Å². The van der Waals surface area contributed by atoms with Gasteiger partial charge in [0.25, 0.3) is 0 Å². The monoisotopic (exact) mass is 488 g/mol. The summed E-state index contributed by atoms with van der Waals surface area (Å²) >= 11 is 7.97. The maximum Gasteiger partial charge on any atom is 0.338 e. The number of carbonyl (C=O) groups excluding carboxylic acids is 3. The Bertz CT molecular complexity index is 1090. The fourth-order valence-electron chi connectivity index (χ4n) is 4.27. The van der Waals surface area contributed by atoms with Crippen LogP contribution in [0.3, 0.4) is 0 Å². The molecule has 0 saturated carbocycles. The van der Waals surface area contributed by atoms with E-state index in [9.17, 15) is 14.4 Å². The molecular weight excluding hydrogens is 464 g/mol. The molecule has 174 valence electrons. The molecule has 0 unspecified atom stereocenters. The molecular formula is C23H25ClN4O4S. The molecule has 8 nitrogen and oxygen atoms in total. The number of hydrogen-bond acceptors (Lipinski definition) is 7. The van der Waals surface area contributed by atoms with Crippen LogP contribution in [-0.2, 0) is 19.1 Å². The van der Waals surface area contributed by atoms with Crippen LogP contribution in [0.2, 0.25) is 5.02 Å². The Morgan fingerprint density at radius 1 is 1.15 bits per heavy atom. The van der Waals surface area contributed by atoms with Crippen molar-refractivity contribution in [2.24, 2.45) is 4.99 Å². The van der Waals surface area contributed by atoms with Gasteiger partial charge in [0.1, 0.15) is 0 Å². The average molecular weight is 489 g/mol. The van der Waals surface area contributed by atoms with Crippen molar-refractivity contribution in [3.05, 3.63) is 57.2 Å². The van der Waals surface area contributed by atoms with Gasteiger partial charge in [-0.05, 0) is 24.0 Å². The van der Waals surface area contributed by atoms with Crippen molar-refractivity contribution in [1.29, 1.82) is 0 Å². The number of piperazine rings is 1. The first-order valence-electron chi connectivity index (χ1n) is 10.6. The van der Waals surface area contributed by atoms with Gasteiger partial charge in [-0.1, -0.05) is 41.6 Å². The molecule has 0 bridgehead atoms. The summed E-state index contributed by atoms with van der Waals surface area (Å²) in [7, 11) is 1.34. The van der Waals surface area contributed by atoms with E-state index in [1.54, 1.807) is 29.7 Å². The molecule has 3 heterocycles. The zero-order chi connectivity index (χ0) is 23.7. The van der Waals surface area contributed by atoms with E-state index in [1.807, 2.05) is 28.5 Å². The first-order valence-corrected chi connectivity index (χ1v) is 11.9. The number of esters is 1. The molecule has 3 aliphatic heterocycles. The molecule has 33 heavy (non-hydrogen) atoms. The molecule has 0 aliphatic carbocycles. The molecule has 10 heteroatoms. The van der Waals surface area contributed by atoms with Crippen LogP contribution in [0.5, 0.6) is 0 Å². The molecule has 1 aromatic carbocycles. The third-order valence-electron chi connectivity index (χ3n) is 6.02. The van der Waals surface area contributed by atoms with Crippen LogP contribution in [0.1, 0.15) is 31.9 Å². The zero-order valence-electron chi connectivity index (χ0n) is 18.7. The number of allylic oxidation sites excluding steroid dienone is 1. The van der Waals surface area contributed by atoms with Crippen molar-refractivity contribution in [2.75, 3.05) is 33.3 Å².